The minimum Gasteiger partial charge on any atom is -0.508 e. The van der Waals surface area contributed by atoms with E-state index in [0.29, 0.717) is 12.0 Å². The van der Waals surface area contributed by atoms with Gasteiger partial charge in [-0.1, -0.05) is 6.08 Å². The van der Waals surface area contributed by atoms with E-state index in [4.69, 9.17) is 14.2 Å². The van der Waals surface area contributed by atoms with Gasteiger partial charge in [0.15, 0.2) is 6.29 Å². The molecule has 4 aliphatic rings. The van der Waals surface area contributed by atoms with Gasteiger partial charge in [-0.05, 0) is 43.7 Å². The summed E-state index contributed by atoms with van der Waals surface area (Å²) in [7, 11) is 2.02. The summed E-state index contributed by atoms with van der Waals surface area (Å²) in [5, 5.41) is 51.3. The normalized spacial score (nSPS) is 37.1. The van der Waals surface area contributed by atoms with E-state index in [1.54, 1.807) is 28.8 Å². The molecule has 0 unspecified atom stereocenters. The molecular formula is C27H32N2O9. The summed E-state index contributed by atoms with van der Waals surface area (Å²) in [6, 6.07) is 4.95. The molecule has 0 bridgehead atoms. The van der Waals surface area contributed by atoms with Crippen molar-refractivity contribution in [1.82, 2.24) is 9.47 Å². The summed E-state index contributed by atoms with van der Waals surface area (Å²) in [5.74, 6) is -0.919. The topological polar surface area (TPSA) is 154 Å². The Morgan fingerprint density at radius 3 is 2.71 bits per heavy atom. The van der Waals surface area contributed by atoms with Gasteiger partial charge in [0.25, 0.3) is 5.91 Å². The number of hydrogen-bond acceptors (Lipinski definition) is 10. The highest BCUT2D eigenvalue weighted by molar-refractivity contribution is 6.05. The lowest BCUT2D eigenvalue weighted by Crippen LogP contribution is -2.60. The van der Waals surface area contributed by atoms with Gasteiger partial charge >= 0.3 is 0 Å². The molecule has 204 valence electrons. The number of phenolic OH excluding ortho intramolecular Hbond substituents is 1. The molecule has 11 heteroatoms. The van der Waals surface area contributed by atoms with Crippen LogP contribution in [0, 0.1) is 11.8 Å². The molecule has 5 N–H and O–H groups in total. The second-order valence-electron chi connectivity index (χ2n) is 10.5. The number of aliphatic hydroxyl groups is 4. The molecule has 5 heterocycles. The van der Waals surface area contributed by atoms with Crippen LogP contribution >= 0.6 is 0 Å². The molecule has 4 aliphatic heterocycles. The quantitative estimate of drug-likeness (QED) is 0.352. The van der Waals surface area contributed by atoms with Crippen molar-refractivity contribution in [3.05, 3.63) is 53.9 Å². The molecule has 0 aliphatic carbocycles. The van der Waals surface area contributed by atoms with Crippen LogP contribution in [0.2, 0.25) is 0 Å². The number of aromatic nitrogens is 1. The van der Waals surface area contributed by atoms with Crippen molar-refractivity contribution in [1.29, 1.82) is 0 Å². The second-order valence-corrected chi connectivity index (χ2v) is 10.5. The van der Waals surface area contributed by atoms with Crippen LogP contribution < -0.4 is 0 Å². The fourth-order valence-electron chi connectivity index (χ4n) is 6.43. The lowest BCUT2D eigenvalue weighted by Gasteiger charge is -2.43. The number of ether oxygens (including phenoxy) is 3. The van der Waals surface area contributed by atoms with Crippen LogP contribution in [-0.2, 0) is 20.6 Å². The van der Waals surface area contributed by atoms with Crippen LogP contribution in [0.3, 0.4) is 0 Å². The van der Waals surface area contributed by atoms with Crippen molar-refractivity contribution >= 4 is 16.8 Å². The first-order valence-electron chi connectivity index (χ1n) is 12.8. The fourth-order valence-corrected chi connectivity index (χ4v) is 6.43. The zero-order chi connectivity index (χ0) is 26.9. The van der Waals surface area contributed by atoms with Crippen LogP contribution in [0.25, 0.3) is 10.9 Å². The lowest BCUT2D eigenvalue weighted by molar-refractivity contribution is -0.339. The van der Waals surface area contributed by atoms with Crippen molar-refractivity contribution in [3.63, 3.8) is 0 Å². The molecule has 0 spiro atoms. The zero-order valence-corrected chi connectivity index (χ0v) is 20.9. The molecule has 38 heavy (non-hydrogen) atoms. The molecular weight excluding hydrogens is 496 g/mol. The molecule has 1 aromatic carbocycles. The highest BCUT2D eigenvalue weighted by Crippen LogP contribution is 2.48. The van der Waals surface area contributed by atoms with Crippen LogP contribution in [0.15, 0.2) is 42.7 Å². The molecule has 6 rings (SSSR count). The van der Waals surface area contributed by atoms with Gasteiger partial charge in [0.2, 0.25) is 6.29 Å². The SMILES string of the molecule is C=C[C@H]1[C@H](O[C@@H]2O[C@H](CO)[C@@H](O)[C@H](O)[C@H]2O)OC=C2C(=O)n3c4c(c5cc(O)ccc53)CCN(C)[C@@H]4C[C@H]21. The van der Waals surface area contributed by atoms with E-state index in [-0.39, 0.29) is 23.6 Å². The monoisotopic (exact) mass is 528 g/mol. The third kappa shape index (κ3) is 3.73. The number of hydrogen-bond donors (Lipinski definition) is 5. The zero-order valence-electron chi connectivity index (χ0n) is 20.9. The van der Waals surface area contributed by atoms with Gasteiger partial charge in [-0.2, -0.15) is 0 Å². The summed E-state index contributed by atoms with van der Waals surface area (Å²) in [6.07, 6.45) is -3.84. The maximum atomic E-state index is 14.1. The maximum absolute atomic E-state index is 14.1. The maximum Gasteiger partial charge on any atom is 0.261 e. The number of aliphatic hydroxyl groups excluding tert-OH is 4. The number of carbonyl (C=O) groups is 1. The van der Waals surface area contributed by atoms with E-state index in [2.05, 4.69) is 11.5 Å². The van der Waals surface area contributed by atoms with Crippen molar-refractivity contribution < 1.29 is 44.5 Å². The first-order valence-corrected chi connectivity index (χ1v) is 12.8. The number of allylic oxidation sites excluding steroid dienone is 1. The predicted molar refractivity (Wildman–Crippen MR) is 133 cm³/mol. The van der Waals surface area contributed by atoms with Crippen molar-refractivity contribution in [3.8, 4) is 5.75 Å². The van der Waals surface area contributed by atoms with Gasteiger partial charge in [-0.15, -0.1) is 6.58 Å². The average Bonchev–Trinajstić information content (AvgIpc) is 3.16. The van der Waals surface area contributed by atoms with Crippen molar-refractivity contribution in [2.45, 2.75) is 55.9 Å². The number of likely N-dealkylation sites (N-methyl/N-ethyl adjacent to an activating group) is 1. The fraction of sp³-hybridized carbons (Fsp3) is 0.519. The van der Waals surface area contributed by atoms with Gasteiger partial charge in [-0.25, -0.2) is 0 Å². The molecule has 0 radical (unpaired) electrons. The van der Waals surface area contributed by atoms with E-state index in [0.717, 1.165) is 35.1 Å². The Kier molecular flexibility index (Phi) is 6.35. The van der Waals surface area contributed by atoms with Gasteiger partial charge < -0.3 is 39.7 Å². The van der Waals surface area contributed by atoms with Gasteiger partial charge in [0, 0.05) is 29.5 Å². The Bertz CT molecular complexity index is 1300. The van der Waals surface area contributed by atoms with Crippen LogP contribution in [0.4, 0.5) is 0 Å². The summed E-state index contributed by atoms with van der Waals surface area (Å²) in [4.78, 5) is 16.3. The van der Waals surface area contributed by atoms with Gasteiger partial charge in [-0.3, -0.25) is 14.3 Å². The number of aromatic hydroxyl groups is 1. The Labute approximate surface area is 218 Å². The summed E-state index contributed by atoms with van der Waals surface area (Å²) in [5.41, 5.74) is 3.15. The minimum atomic E-state index is -1.59. The smallest absolute Gasteiger partial charge is 0.261 e. The lowest BCUT2D eigenvalue weighted by atomic mass is 9.78. The predicted octanol–water partition coefficient (Wildman–Crippen LogP) is 0.395. The standard InChI is InChI=1S/C27H32N2O9/c1-3-13-15-9-19-21-14(6-7-28(19)2)16-8-12(31)4-5-18(16)29(21)25(35)17(15)11-36-26(13)38-27-24(34)23(33)22(32)20(10-30)37-27/h3-5,8,11,13,15,19-20,22-24,26-27,30-34H,1,6-7,9-10H2,2H3/t13-,15+,19-,20-,22-,23+,24-,26+,27+/m1/s1. The molecule has 9 atom stereocenters. The highest BCUT2D eigenvalue weighted by atomic mass is 16.8. The van der Waals surface area contributed by atoms with E-state index in [9.17, 15) is 30.3 Å². The molecule has 2 aromatic rings. The summed E-state index contributed by atoms with van der Waals surface area (Å²) < 4.78 is 19.1. The highest BCUT2D eigenvalue weighted by Gasteiger charge is 2.49. The Hall–Kier alpha value is -2.77. The van der Waals surface area contributed by atoms with Crippen molar-refractivity contribution in [2.24, 2.45) is 11.8 Å². The summed E-state index contributed by atoms with van der Waals surface area (Å²) in [6.45, 7) is 4.17. The summed E-state index contributed by atoms with van der Waals surface area (Å²) >= 11 is 0. The van der Waals surface area contributed by atoms with E-state index < -0.39 is 49.5 Å². The first kappa shape index (κ1) is 25.5. The number of carbonyl (C=O) groups excluding carboxylic acids is 1. The number of fused-ring (bicyclic) bond motifs is 4. The number of rotatable bonds is 4. The Balaban J connectivity index is 1.37. The molecule has 0 amide bonds. The first-order chi connectivity index (χ1) is 18.2. The molecule has 1 saturated heterocycles. The average molecular weight is 529 g/mol. The molecule has 1 fully saturated rings. The number of benzene rings is 1. The third-order valence-corrected chi connectivity index (χ3v) is 8.48. The molecule has 0 saturated carbocycles. The number of nitrogens with zero attached hydrogens (tertiary/aromatic N) is 2. The van der Waals surface area contributed by atoms with Crippen LogP contribution in [-0.4, -0.2) is 98.1 Å². The molecule has 1 aromatic heterocycles. The minimum absolute atomic E-state index is 0.0957. The number of phenols is 1. The Morgan fingerprint density at radius 1 is 1.18 bits per heavy atom. The van der Waals surface area contributed by atoms with Crippen LogP contribution in [0.5, 0.6) is 5.75 Å². The second kappa shape index (κ2) is 9.45. The third-order valence-electron chi connectivity index (χ3n) is 8.48. The largest absolute Gasteiger partial charge is 0.508 e. The van der Waals surface area contributed by atoms with E-state index in [1.807, 2.05) is 7.05 Å². The van der Waals surface area contributed by atoms with Gasteiger partial charge in [0.05, 0.1) is 30.0 Å². The van der Waals surface area contributed by atoms with Crippen LogP contribution in [0.1, 0.15) is 28.5 Å². The Morgan fingerprint density at radius 2 is 1.97 bits per heavy atom. The van der Waals surface area contributed by atoms with Crippen molar-refractivity contribution in [2.75, 3.05) is 20.2 Å². The van der Waals surface area contributed by atoms with E-state index >= 15 is 0 Å². The van der Waals surface area contributed by atoms with E-state index in [1.165, 1.54) is 6.26 Å². The van der Waals surface area contributed by atoms with Gasteiger partial charge in [0.1, 0.15) is 30.2 Å². The molecule has 11 nitrogen and oxygen atoms in total.